The standard InChI is InChI=1S/C22H22FN3O3/c1-28-19-8-5-16(11-20(19)29-2)14-26-22(27)17-9-10-24-21(12-17)25-13-15-3-6-18(23)7-4-15/h3-12H,13-14H2,1-2H3,(H,24,25)(H,26,27). The van der Waals surface area contributed by atoms with E-state index in [1.807, 2.05) is 12.1 Å². The lowest BCUT2D eigenvalue weighted by molar-refractivity contribution is 0.0951. The Morgan fingerprint density at radius 3 is 2.38 bits per heavy atom. The number of hydrogen-bond acceptors (Lipinski definition) is 5. The highest BCUT2D eigenvalue weighted by molar-refractivity contribution is 5.94. The van der Waals surface area contributed by atoms with Gasteiger partial charge in [0.2, 0.25) is 0 Å². The van der Waals surface area contributed by atoms with Crippen LogP contribution in [0.15, 0.2) is 60.8 Å². The Kier molecular flexibility index (Phi) is 6.63. The van der Waals surface area contributed by atoms with E-state index in [0.29, 0.717) is 36.0 Å². The number of pyridine rings is 1. The first-order valence-electron chi connectivity index (χ1n) is 9.02. The van der Waals surface area contributed by atoms with Gasteiger partial charge in [-0.1, -0.05) is 18.2 Å². The van der Waals surface area contributed by atoms with Gasteiger partial charge in [0, 0.05) is 24.8 Å². The highest BCUT2D eigenvalue weighted by atomic mass is 19.1. The highest BCUT2D eigenvalue weighted by Crippen LogP contribution is 2.27. The summed E-state index contributed by atoms with van der Waals surface area (Å²) in [5, 5.41) is 6.01. The fourth-order valence-electron chi connectivity index (χ4n) is 2.74. The maximum atomic E-state index is 13.0. The second-order valence-electron chi connectivity index (χ2n) is 6.28. The van der Waals surface area contributed by atoms with Gasteiger partial charge in [0.25, 0.3) is 5.91 Å². The van der Waals surface area contributed by atoms with Crippen LogP contribution in [0.4, 0.5) is 10.2 Å². The quantitative estimate of drug-likeness (QED) is 0.607. The van der Waals surface area contributed by atoms with Crippen molar-refractivity contribution in [3.63, 3.8) is 0 Å². The number of methoxy groups -OCH3 is 2. The van der Waals surface area contributed by atoms with Crippen LogP contribution in [0.3, 0.4) is 0 Å². The zero-order valence-electron chi connectivity index (χ0n) is 16.2. The Morgan fingerprint density at radius 1 is 0.931 bits per heavy atom. The normalized spacial score (nSPS) is 10.3. The SMILES string of the molecule is COc1ccc(CNC(=O)c2ccnc(NCc3ccc(F)cc3)c2)cc1OC. The van der Waals surface area contributed by atoms with Crippen molar-refractivity contribution < 1.29 is 18.7 Å². The molecule has 0 aliphatic heterocycles. The molecule has 0 atom stereocenters. The topological polar surface area (TPSA) is 72.5 Å². The molecule has 150 valence electrons. The maximum absolute atomic E-state index is 13.0. The fourth-order valence-corrected chi connectivity index (χ4v) is 2.74. The molecule has 0 fully saturated rings. The third kappa shape index (κ3) is 5.44. The second kappa shape index (κ2) is 9.54. The highest BCUT2D eigenvalue weighted by Gasteiger charge is 2.09. The number of carbonyl (C=O) groups is 1. The van der Waals surface area contributed by atoms with E-state index in [4.69, 9.17) is 9.47 Å². The lowest BCUT2D eigenvalue weighted by Gasteiger charge is -2.11. The number of rotatable bonds is 8. The van der Waals surface area contributed by atoms with Gasteiger partial charge >= 0.3 is 0 Å². The molecule has 0 spiro atoms. The Morgan fingerprint density at radius 2 is 1.66 bits per heavy atom. The molecule has 0 aliphatic rings. The van der Waals surface area contributed by atoms with Crippen molar-refractivity contribution in [3.8, 4) is 11.5 Å². The van der Waals surface area contributed by atoms with Crippen molar-refractivity contribution in [1.82, 2.24) is 10.3 Å². The predicted octanol–water partition coefficient (Wildman–Crippen LogP) is 3.78. The van der Waals surface area contributed by atoms with E-state index in [0.717, 1.165) is 11.1 Å². The van der Waals surface area contributed by atoms with Crippen LogP contribution in [-0.4, -0.2) is 25.1 Å². The molecule has 2 N–H and O–H groups in total. The summed E-state index contributed by atoms with van der Waals surface area (Å²) in [4.78, 5) is 16.7. The second-order valence-corrected chi connectivity index (χ2v) is 6.28. The number of hydrogen-bond donors (Lipinski definition) is 2. The van der Waals surface area contributed by atoms with E-state index < -0.39 is 0 Å². The van der Waals surface area contributed by atoms with Crippen LogP contribution in [0, 0.1) is 5.82 Å². The van der Waals surface area contributed by atoms with Crippen LogP contribution in [0.1, 0.15) is 21.5 Å². The molecule has 0 saturated heterocycles. The minimum Gasteiger partial charge on any atom is -0.493 e. The summed E-state index contributed by atoms with van der Waals surface area (Å²) in [6.45, 7) is 0.823. The first-order chi connectivity index (χ1) is 14.1. The molecule has 3 rings (SSSR count). The molecular weight excluding hydrogens is 373 g/mol. The summed E-state index contributed by atoms with van der Waals surface area (Å²) in [7, 11) is 3.14. The Hall–Kier alpha value is -3.61. The number of halogens is 1. The molecule has 1 amide bonds. The van der Waals surface area contributed by atoms with Crippen molar-refractivity contribution in [1.29, 1.82) is 0 Å². The van der Waals surface area contributed by atoms with E-state index in [1.54, 1.807) is 50.7 Å². The molecule has 29 heavy (non-hydrogen) atoms. The Labute approximate surface area is 168 Å². The number of carbonyl (C=O) groups excluding carboxylic acids is 1. The van der Waals surface area contributed by atoms with E-state index in [9.17, 15) is 9.18 Å². The first-order valence-corrected chi connectivity index (χ1v) is 9.02. The molecule has 0 saturated carbocycles. The van der Waals surface area contributed by atoms with Crippen molar-refractivity contribution in [2.45, 2.75) is 13.1 Å². The van der Waals surface area contributed by atoms with Crippen molar-refractivity contribution in [2.75, 3.05) is 19.5 Å². The van der Waals surface area contributed by atoms with E-state index >= 15 is 0 Å². The first kappa shape index (κ1) is 20.1. The average molecular weight is 395 g/mol. The van der Waals surface area contributed by atoms with Crippen LogP contribution < -0.4 is 20.1 Å². The van der Waals surface area contributed by atoms with Crippen LogP contribution in [0.25, 0.3) is 0 Å². The zero-order chi connectivity index (χ0) is 20.6. The minimum absolute atomic E-state index is 0.216. The van der Waals surface area contributed by atoms with Crippen LogP contribution in [-0.2, 0) is 13.1 Å². The van der Waals surface area contributed by atoms with Gasteiger partial charge in [-0.25, -0.2) is 9.37 Å². The molecule has 6 nitrogen and oxygen atoms in total. The lowest BCUT2D eigenvalue weighted by Crippen LogP contribution is -2.23. The van der Waals surface area contributed by atoms with Crippen molar-refractivity contribution in [3.05, 3.63) is 83.3 Å². The van der Waals surface area contributed by atoms with Crippen LogP contribution in [0.2, 0.25) is 0 Å². The van der Waals surface area contributed by atoms with Crippen molar-refractivity contribution >= 4 is 11.7 Å². The van der Waals surface area contributed by atoms with Gasteiger partial charge in [0.15, 0.2) is 11.5 Å². The lowest BCUT2D eigenvalue weighted by atomic mass is 10.2. The van der Waals surface area contributed by atoms with Gasteiger partial charge in [-0.2, -0.15) is 0 Å². The average Bonchev–Trinajstić information content (AvgIpc) is 2.77. The van der Waals surface area contributed by atoms with Crippen LogP contribution in [0.5, 0.6) is 11.5 Å². The zero-order valence-corrected chi connectivity index (χ0v) is 16.2. The summed E-state index contributed by atoms with van der Waals surface area (Å²) in [5.41, 5.74) is 2.29. The number of nitrogens with zero attached hydrogens (tertiary/aromatic N) is 1. The minimum atomic E-state index is -0.278. The van der Waals surface area contributed by atoms with E-state index in [1.165, 1.54) is 12.1 Å². The maximum Gasteiger partial charge on any atom is 0.251 e. The molecule has 7 heteroatoms. The van der Waals surface area contributed by atoms with Crippen LogP contribution >= 0.6 is 0 Å². The summed E-state index contributed by atoms with van der Waals surface area (Å²) >= 11 is 0. The third-order valence-electron chi connectivity index (χ3n) is 4.31. The van der Waals surface area contributed by atoms with Gasteiger partial charge in [-0.05, 0) is 47.5 Å². The molecule has 0 bridgehead atoms. The smallest absolute Gasteiger partial charge is 0.251 e. The summed E-state index contributed by atoms with van der Waals surface area (Å²) in [6.07, 6.45) is 1.57. The predicted molar refractivity (Wildman–Crippen MR) is 109 cm³/mol. The molecular formula is C22H22FN3O3. The fraction of sp³-hybridized carbons (Fsp3) is 0.182. The molecule has 0 radical (unpaired) electrons. The number of ether oxygens (including phenoxy) is 2. The van der Waals surface area contributed by atoms with Gasteiger partial charge in [-0.15, -0.1) is 0 Å². The van der Waals surface area contributed by atoms with E-state index in [-0.39, 0.29) is 11.7 Å². The molecule has 2 aromatic carbocycles. The largest absolute Gasteiger partial charge is 0.493 e. The monoisotopic (exact) mass is 395 g/mol. The number of benzene rings is 2. The third-order valence-corrected chi connectivity index (χ3v) is 4.31. The Balaban J connectivity index is 1.59. The van der Waals surface area contributed by atoms with Crippen molar-refractivity contribution in [2.24, 2.45) is 0 Å². The molecule has 3 aromatic rings. The molecule has 0 unspecified atom stereocenters. The van der Waals surface area contributed by atoms with Gasteiger partial charge in [0.05, 0.1) is 14.2 Å². The van der Waals surface area contributed by atoms with Gasteiger partial charge in [-0.3, -0.25) is 4.79 Å². The number of aromatic nitrogens is 1. The number of anilines is 1. The summed E-state index contributed by atoms with van der Waals surface area (Å²) in [6, 6.07) is 15.0. The van der Waals surface area contributed by atoms with E-state index in [2.05, 4.69) is 15.6 Å². The molecule has 1 aromatic heterocycles. The van der Waals surface area contributed by atoms with Gasteiger partial charge < -0.3 is 20.1 Å². The molecule has 1 heterocycles. The Bertz CT molecular complexity index is 977. The molecule has 0 aliphatic carbocycles. The number of amides is 1. The number of nitrogens with one attached hydrogen (secondary N) is 2. The summed E-state index contributed by atoms with van der Waals surface area (Å²) in [5.74, 6) is 1.31. The van der Waals surface area contributed by atoms with Gasteiger partial charge in [0.1, 0.15) is 11.6 Å². The summed E-state index contributed by atoms with van der Waals surface area (Å²) < 4.78 is 23.5.